The minimum absolute atomic E-state index is 0.863. The molecule has 20 heavy (non-hydrogen) atoms. The number of hydrogen-bond acceptors (Lipinski definition) is 2. The summed E-state index contributed by atoms with van der Waals surface area (Å²) in [6.07, 6.45) is 6.50. The van der Waals surface area contributed by atoms with Crippen molar-refractivity contribution in [1.29, 1.82) is 0 Å². The van der Waals surface area contributed by atoms with Gasteiger partial charge in [-0.3, -0.25) is 0 Å². The van der Waals surface area contributed by atoms with Crippen molar-refractivity contribution in [2.24, 2.45) is 0 Å². The fourth-order valence-corrected chi connectivity index (χ4v) is 2.35. The van der Waals surface area contributed by atoms with Crippen LogP contribution in [-0.4, -0.2) is 9.97 Å². The SMILES string of the molecule is [c]1occ(-c2ccc[nH]2)c1-c1ccc2ccccc2n1. The molecule has 95 valence electrons. The van der Waals surface area contributed by atoms with Crippen LogP contribution in [0.1, 0.15) is 0 Å². The third-order valence-electron chi connectivity index (χ3n) is 3.35. The number of hydrogen-bond donors (Lipinski definition) is 1. The van der Waals surface area contributed by atoms with Crippen LogP contribution in [0, 0.1) is 6.26 Å². The van der Waals surface area contributed by atoms with Crippen molar-refractivity contribution >= 4 is 10.9 Å². The Morgan fingerprint density at radius 3 is 2.85 bits per heavy atom. The molecule has 3 heterocycles. The van der Waals surface area contributed by atoms with Crippen LogP contribution in [0.5, 0.6) is 0 Å². The van der Waals surface area contributed by atoms with Crippen LogP contribution in [-0.2, 0) is 0 Å². The molecule has 0 fully saturated rings. The molecule has 0 atom stereocenters. The summed E-state index contributed by atoms with van der Waals surface area (Å²) in [4.78, 5) is 7.86. The number of aromatic nitrogens is 2. The van der Waals surface area contributed by atoms with E-state index in [0.717, 1.165) is 33.4 Å². The first-order valence-electron chi connectivity index (χ1n) is 6.41. The maximum atomic E-state index is 5.25. The van der Waals surface area contributed by atoms with Crippen molar-refractivity contribution in [3.05, 3.63) is 67.3 Å². The molecule has 1 N–H and O–H groups in total. The molecule has 0 unspecified atom stereocenters. The molecule has 0 saturated carbocycles. The van der Waals surface area contributed by atoms with Crippen LogP contribution in [0.2, 0.25) is 0 Å². The Kier molecular flexibility index (Phi) is 2.42. The number of pyridine rings is 1. The standard InChI is InChI=1S/C17H11N2O/c1-2-5-15-12(4-1)7-8-17(19-15)14-11-20-10-13(14)16-6-3-9-18-16/h1-10,18H. The lowest BCUT2D eigenvalue weighted by atomic mass is 10.1. The van der Waals surface area contributed by atoms with Gasteiger partial charge in [-0.15, -0.1) is 0 Å². The molecular weight excluding hydrogens is 248 g/mol. The molecule has 0 amide bonds. The van der Waals surface area contributed by atoms with Gasteiger partial charge < -0.3 is 9.40 Å². The van der Waals surface area contributed by atoms with E-state index in [1.165, 1.54) is 0 Å². The topological polar surface area (TPSA) is 41.8 Å². The summed E-state index contributed by atoms with van der Waals surface area (Å²) in [5, 5.41) is 1.13. The van der Waals surface area contributed by atoms with Gasteiger partial charge in [-0.1, -0.05) is 24.3 Å². The predicted octanol–water partition coefficient (Wildman–Crippen LogP) is 4.29. The summed E-state index contributed by atoms with van der Waals surface area (Å²) in [6, 6.07) is 16.1. The monoisotopic (exact) mass is 259 g/mol. The number of para-hydroxylation sites is 1. The van der Waals surface area contributed by atoms with Crippen molar-refractivity contribution < 1.29 is 4.42 Å². The highest BCUT2D eigenvalue weighted by Gasteiger charge is 2.12. The van der Waals surface area contributed by atoms with Crippen molar-refractivity contribution in [1.82, 2.24) is 9.97 Å². The van der Waals surface area contributed by atoms with E-state index in [1.807, 2.05) is 42.6 Å². The molecular formula is C17H11N2O. The van der Waals surface area contributed by atoms with Gasteiger partial charge in [-0.05, 0) is 24.3 Å². The molecule has 1 radical (unpaired) electrons. The van der Waals surface area contributed by atoms with E-state index in [1.54, 1.807) is 6.26 Å². The molecule has 3 aromatic heterocycles. The summed E-state index contributed by atoms with van der Waals surface area (Å²) >= 11 is 0. The van der Waals surface area contributed by atoms with Crippen LogP contribution < -0.4 is 0 Å². The number of furan rings is 1. The van der Waals surface area contributed by atoms with E-state index in [4.69, 9.17) is 4.42 Å². The van der Waals surface area contributed by atoms with E-state index >= 15 is 0 Å². The summed E-state index contributed by atoms with van der Waals surface area (Å²) in [5.74, 6) is 0. The zero-order valence-electron chi connectivity index (χ0n) is 10.6. The third kappa shape index (κ3) is 1.72. The molecule has 0 aliphatic rings. The second-order valence-electron chi connectivity index (χ2n) is 4.60. The Morgan fingerprint density at radius 1 is 1.00 bits per heavy atom. The summed E-state index contributed by atoms with van der Waals surface area (Å²) in [7, 11) is 0. The van der Waals surface area contributed by atoms with Crippen LogP contribution in [0.25, 0.3) is 33.4 Å². The quantitative estimate of drug-likeness (QED) is 0.583. The van der Waals surface area contributed by atoms with E-state index in [2.05, 4.69) is 28.4 Å². The van der Waals surface area contributed by atoms with Crippen molar-refractivity contribution in [2.75, 3.05) is 0 Å². The maximum absolute atomic E-state index is 5.25. The van der Waals surface area contributed by atoms with Gasteiger partial charge in [0.05, 0.1) is 16.8 Å². The number of fused-ring (bicyclic) bond motifs is 1. The van der Waals surface area contributed by atoms with Gasteiger partial charge in [-0.2, -0.15) is 0 Å². The first-order chi connectivity index (χ1) is 9.92. The van der Waals surface area contributed by atoms with Gasteiger partial charge in [0, 0.05) is 22.8 Å². The second kappa shape index (κ2) is 4.38. The Bertz CT molecular complexity index is 859. The smallest absolute Gasteiger partial charge is 0.179 e. The maximum Gasteiger partial charge on any atom is 0.179 e. The van der Waals surface area contributed by atoms with Crippen molar-refractivity contribution in [2.45, 2.75) is 0 Å². The Morgan fingerprint density at radius 2 is 1.95 bits per heavy atom. The molecule has 3 nitrogen and oxygen atoms in total. The average molecular weight is 259 g/mol. The highest BCUT2D eigenvalue weighted by Crippen LogP contribution is 2.31. The summed E-state index contributed by atoms with van der Waals surface area (Å²) in [6.45, 7) is 0. The average Bonchev–Trinajstić information content (AvgIpc) is 3.17. The van der Waals surface area contributed by atoms with Crippen molar-refractivity contribution in [3.63, 3.8) is 0 Å². The van der Waals surface area contributed by atoms with E-state index < -0.39 is 0 Å². The first-order valence-corrected chi connectivity index (χ1v) is 6.41. The number of H-pyrrole nitrogens is 1. The van der Waals surface area contributed by atoms with Crippen LogP contribution in [0.4, 0.5) is 0 Å². The molecule has 1 aromatic carbocycles. The van der Waals surface area contributed by atoms with E-state index in [0.29, 0.717) is 0 Å². The molecule has 0 bridgehead atoms. The Balaban J connectivity index is 1.90. The second-order valence-corrected chi connectivity index (χ2v) is 4.60. The normalized spacial score (nSPS) is 11.0. The molecule has 0 saturated heterocycles. The fraction of sp³-hybridized carbons (Fsp3) is 0. The van der Waals surface area contributed by atoms with Gasteiger partial charge in [-0.25, -0.2) is 4.98 Å². The lowest BCUT2D eigenvalue weighted by Gasteiger charge is -2.02. The largest absolute Gasteiger partial charge is 0.460 e. The highest BCUT2D eigenvalue weighted by atomic mass is 16.3. The van der Waals surface area contributed by atoms with Crippen LogP contribution in [0.3, 0.4) is 0 Å². The zero-order valence-corrected chi connectivity index (χ0v) is 10.6. The number of aromatic amines is 1. The van der Waals surface area contributed by atoms with Gasteiger partial charge in [0.2, 0.25) is 0 Å². The molecule has 0 aliphatic heterocycles. The Hall–Kier alpha value is -2.81. The van der Waals surface area contributed by atoms with E-state index in [9.17, 15) is 0 Å². The van der Waals surface area contributed by atoms with Crippen molar-refractivity contribution in [3.8, 4) is 22.5 Å². The molecule has 4 aromatic rings. The van der Waals surface area contributed by atoms with Gasteiger partial charge in [0.1, 0.15) is 6.26 Å². The fourth-order valence-electron chi connectivity index (χ4n) is 2.35. The summed E-state index contributed by atoms with van der Waals surface area (Å²) < 4.78 is 5.25. The highest BCUT2D eigenvalue weighted by molar-refractivity contribution is 5.85. The lowest BCUT2D eigenvalue weighted by molar-refractivity contribution is 0.559. The molecule has 0 spiro atoms. The Labute approximate surface area is 115 Å². The zero-order chi connectivity index (χ0) is 13.4. The minimum atomic E-state index is 0.863. The molecule has 3 heteroatoms. The molecule has 4 rings (SSSR count). The number of rotatable bonds is 2. The van der Waals surface area contributed by atoms with Gasteiger partial charge in [0.25, 0.3) is 0 Å². The summed E-state index contributed by atoms with van der Waals surface area (Å²) in [5.41, 5.74) is 4.68. The van der Waals surface area contributed by atoms with E-state index in [-0.39, 0.29) is 0 Å². The first kappa shape index (κ1) is 11.1. The lowest BCUT2D eigenvalue weighted by Crippen LogP contribution is -1.86. The molecule has 0 aliphatic carbocycles. The predicted molar refractivity (Wildman–Crippen MR) is 78.1 cm³/mol. The minimum Gasteiger partial charge on any atom is -0.460 e. The van der Waals surface area contributed by atoms with Gasteiger partial charge in [0.15, 0.2) is 6.26 Å². The third-order valence-corrected chi connectivity index (χ3v) is 3.35. The van der Waals surface area contributed by atoms with Crippen LogP contribution >= 0.6 is 0 Å². The number of benzene rings is 1. The number of nitrogens with zero attached hydrogens (tertiary/aromatic N) is 1. The van der Waals surface area contributed by atoms with Crippen LogP contribution in [0.15, 0.2) is 65.4 Å². The number of nitrogens with one attached hydrogen (secondary N) is 1. The van der Waals surface area contributed by atoms with Gasteiger partial charge >= 0.3 is 0 Å².